The highest BCUT2D eigenvalue weighted by atomic mass is 35.5. The molecule has 4 N–H and O–H groups in total. The summed E-state index contributed by atoms with van der Waals surface area (Å²) < 4.78 is 5.07. The van der Waals surface area contributed by atoms with Crippen LogP contribution in [0.5, 0.6) is 5.75 Å². The summed E-state index contributed by atoms with van der Waals surface area (Å²) in [5.74, 6) is 0.375. The first-order valence-electron chi connectivity index (χ1n) is 7.40. The lowest BCUT2D eigenvalue weighted by atomic mass is 9.92. The Morgan fingerprint density at radius 1 is 1.21 bits per heavy atom. The van der Waals surface area contributed by atoms with Crippen molar-refractivity contribution in [2.45, 2.75) is 18.6 Å². The minimum atomic E-state index is -1.15. The second kappa shape index (κ2) is 8.68. The van der Waals surface area contributed by atoms with Crippen LogP contribution in [0.15, 0.2) is 54.6 Å². The number of carbonyl (C=O) groups excluding carboxylic acids is 1. The first kappa shape index (κ1) is 20.0. The molecule has 0 aliphatic rings. The van der Waals surface area contributed by atoms with Gasteiger partial charge in [-0.1, -0.05) is 42.5 Å². The van der Waals surface area contributed by atoms with E-state index in [1.165, 1.54) is 0 Å². The molecule has 2 aromatic rings. The lowest BCUT2D eigenvalue weighted by Gasteiger charge is -2.25. The van der Waals surface area contributed by atoms with Crippen molar-refractivity contribution in [2.75, 3.05) is 13.7 Å². The van der Waals surface area contributed by atoms with Gasteiger partial charge < -0.3 is 20.9 Å². The highest BCUT2D eigenvalue weighted by molar-refractivity contribution is 5.87. The Balaban J connectivity index is 0.00000288. The van der Waals surface area contributed by atoms with Crippen LogP contribution in [0.2, 0.25) is 0 Å². The molecule has 2 unspecified atom stereocenters. The van der Waals surface area contributed by atoms with E-state index in [1.807, 2.05) is 18.2 Å². The summed E-state index contributed by atoms with van der Waals surface area (Å²) in [6, 6.07) is 16.2. The van der Waals surface area contributed by atoms with Crippen LogP contribution in [0, 0.1) is 0 Å². The van der Waals surface area contributed by atoms with Crippen LogP contribution in [-0.4, -0.2) is 24.7 Å². The Kier molecular flexibility index (Phi) is 7.22. The van der Waals surface area contributed by atoms with E-state index < -0.39 is 11.6 Å². The molecule has 0 saturated heterocycles. The molecule has 0 heterocycles. The monoisotopic (exact) mass is 350 g/mol. The number of aliphatic hydroxyl groups excluding tert-OH is 1. The van der Waals surface area contributed by atoms with Crippen molar-refractivity contribution in [2.24, 2.45) is 5.73 Å². The number of ether oxygens (including phenoxy) is 1. The van der Waals surface area contributed by atoms with Gasteiger partial charge in [0.15, 0.2) is 0 Å². The largest absolute Gasteiger partial charge is 0.497 e. The zero-order valence-corrected chi connectivity index (χ0v) is 14.5. The molecular formula is C18H23ClN2O3. The minimum Gasteiger partial charge on any atom is -0.497 e. The lowest BCUT2D eigenvalue weighted by Crippen LogP contribution is -2.49. The number of halogens is 1. The molecule has 0 aromatic heterocycles. The summed E-state index contributed by atoms with van der Waals surface area (Å²) in [6.45, 7) is 1.74. The van der Waals surface area contributed by atoms with Crippen molar-refractivity contribution in [1.82, 2.24) is 5.32 Å². The van der Waals surface area contributed by atoms with Gasteiger partial charge in [0.2, 0.25) is 5.91 Å². The summed E-state index contributed by atoms with van der Waals surface area (Å²) >= 11 is 0. The van der Waals surface area contributed by atoms with E-state index in [4.69, 9.17) is 10.5 Å². The van der Waals surface area contributed by atoms with Crippen LogP contribution < -0.4 is 15.8 Å². The number of nitrogens with one attached hydrogen (secondary N) is 1. The summed E-state index contributed by atoms with van der Waals surface area (Å²) in [5, 5.41) is 12.9. The number of rotatable bonds is 6. The normalized spacial score (nSPS) is 14.0. The quantitative estimate of drug-likeness (QED) is 0.745. The molecule has 0 bridgehead atoms. The Morgan fingerprint density at radius 3 is 2.33 bits per heavy atom. The van der Waals surface area contributed by atoms with Gasteiger partial charge in [-0.25, -0.2) is 0 Å². The smallest absolute Gasteiger partial charge is 0.244 e. The Bertz CT molecular complexity index is 645. The number of methoxy groups -OCH3 is 1. The fourth-order valence-electron chi connectivity index (χ4n) is 2.23. The zero-order chi connectivity index (χ0) is 16.9. The van der Waals surface area contributed by atoms with E-state index in [1.54, 1.807) is 50.4 Å². The summed E-state index contributed by atoms with van der Waals surface area (Å²) in [4.78, 5) is 12.3. The number of hydrogen-bond donors (Lipinski definition) is 3. The highest BCUT2D eigenvalue weighted by Gasteiger charge is 2.30. The fourth-order valence-corrected chi connectivity index (χ4v) is 2.23. The third-order valence-electron chi connectivity index (χ3n) is 3.80. The molecule has 2 aromatic carbocycles. The van der Waals surface area contributed by atoms with E-state index in [0.717, 1.165) is 5.56 Å². The van der Waals surface area contributed by atoms with Gasteiger partial charge in [-0.05, 0) is 30.2 Å². The van der Waals surface area contributed by atoms with Crippen molar-refractivity contribution in [3.05, 3.63) is 65.7 Å². The van der Waals surface area contributed by atoms with Crippen LogP contribution in [0.1, 0.15) is 24.2 Å². The molecule has 0 fully saturated rings. The number of nitrogens with two attached hydrogens (primary N) is 1. The van der Waals surface area contributed by atoms with E-state index >= 15 is 0 Å². The maximum absolute atomic E-state index is 12.3. The summed E-state index contributed by atoms with van der Waals surface area (Å²) in [6.07, 6.45) is -0.809. The van der Waals surface area contributed by atoms with Gasteiger partial charge in [-0.15, -0.1) is 12.4 Å². The van der Waals surface area contributed by atoms with Gasteiger partial charge in [0.25, 0.3) is 0 Å². The molecular weight excluding hydrogens is 328 g/mol. The van der Waals surface area contributed by atoms with Crippen molar-refractivity contribution in [1.29, 1.82) is 0 Å². The molecule has 2 atom stereocenters. The van der Waals surface area contributed by atoms with Crippen LogP contribution in [0.4, 0.5) is 0 Å². The third-order valence-corrected chi connectivity index (χ3v) is 3.80. The van der Waals surface area contributed by atoms with Crippen LogP contribution in [0.3, 0.4) is 0 Å². The standard InChI is InChI=1S/C18H22N2O3.ClH/c1-18(19,14-6-4-3-5-7-14)17(22)20-12-16(21)13-8-10-15(23-2)11-9-13;/h3-11,16,21H,12,19H2,1-2H3,(H,20,22);1H. The van der Waals surface area contributed by atoms with Gasteiger partial charge in [0, 0.05) is 6.54 Å². The van der Waals surface area contributed by atoms with Crippen molar-refractivity contribution >= 4 is 18.3 Å². The zero-order valence-electron chi connectivity index (χ0n) is 13.7. The van der Waals surface area contributed by atoms with Crippen LogP contribution in [0.25, 0.3) is 0 Å². The number of hydrogen-bond acceptors (Lipinski definition) is 4. The summed E-state index contributed by atoms with van der Waals surface area (Å²) in [5.41, 5.74) is 6.40. The molecule has 0 saturated carbocycles. The molecule has 6 heteroatoms. The van der Waals surface area contributed by atoms with Gasteiger partial charge in [-0.3, -0.25) is 4.79 Å². The van der Waals surface area contributed by atoms with Crippen LogP contribution >= 0.6 is 12.4 Å². The molecule has 2 rings (SSSR count). The second-order valence-electron chi connectivity index (χ2n) is 5.57. The maximum Gasteiger partial charge on any atom is 0.244 e. The number of carbonyl (C=O) groups is 1. The maximum atomic E-state index is 12.3. The molecule has 5 nitrogen and oxygen atoms in total. The summed E-state index contributed by atoms with van der Waals surface area (Å²) in [7, 11) is 1.58. The van der Waals surface area contributed by atoms with Gasteiger partial charge in [0.05, 0.1) is 13.2 Å². The Labute approximate surface area is 148 Å². The first-order valence-corrected chi connectivity index (χ1v) is 7.40. The average Bonchev–Trinajstić information content (AvgIpc) is 2.60. The number of benzene rings is 2. The van der Waals surface area contributed by atoms with Gasteiger partial charge >= 0.3 is 0 Å². The predicted molar refractivity (Wildman–Crippen MR) is 96.2 cm³/mol. The highest BCUT2D eigenvalue weighted by Crippen LogP contribution is 2.19. The molecule has 0 aliphatic carbocycles. The average molecular weight is 351 g/mol. The van der Waals surface area contributed by atoms with Crippen molar-refractivity contribution in [3.8, 4) is 5.75 Å². The Hall–Kier alpha value is -2.08. The van der Waals surface area contributed by atoms with E-state index in [0.29, 0.717) is 11.3 Å². The van der Waals surface area contributed by atoms with E-state index in [9.17, 15) is 9.90 Å². The van der Waals surface area contributed by atoms with Crippen molar-refractivity contribution in [3.63, 3.8) is 0 Å². The van der Waals surface area contributed by atoms with Gasteiger partial charge in [-0.2, -0.15) is 0 Å². The second-order valence-corrected chi connectivity index (χ2v) is 5.57. The molecule has 1 amide bonds. The molecule has 24 heavy (non-hydrogen) atoms. The number of aliphatic hydroxyl groups is 1. The minimum absolute atomic E-state index is 0. The van der Waals surface area contributed by atoms with Crippen molar-refractivity contribution < 1.29 is 14.6 Å². The topological polar surface area (TPSA) is 84.6 Å². The lowest BCUT2D eigenvalue weighted by molar-refractivity contribution is -0.126. The SMILES string of the molecule is COc1ccc(C(O)CNC(=O)C(C)(N)c2ccccc2)cc1.Cl. The molecule has 130 valence electrons. The first-order chi connectivity index (χ1) is 10.9. The number of amides is 1. The fraction of sp³-hybridized carbons (Fsp3) is 0.278. The third kappa shape index (κ3) is 4.71. The van der Waals surface area contributed by atoms with E-state index in [2.05, 4.69) is 5.32 Å². The predicted octanol–water partition coefficient (Wildman–Crippen LogP) is 2.14. The van der Waals surface area contributed by atoms with E-state index in [-0.39, 0.29) is 24.9 Å². The molecule has 0 spiro atoms. The molecule has 0 radical (unpaired) electrons. The molecule has 0 aliphatic heterocycles. The Morgan fingerprint density at radius 2 is 1.79 bits per heavy atom. The van der Waals surface area contributed by atoms with Gasteiger partial charge in [0.1, 0.15) is 11.3 Å². The van der Waals surface area contributed by atoms with Crippen LogP contribution in [-0.2, 0) is 10.3 Å².